The summed E-state index contributed by atoms with van der Waals surface area (Å²) in [5.41, 5.74) is 7.23. The topological polar surface area (TPSA) is 64.9 Å². The number of nitrogens with two attached hydrogens (primary N) is 1. The second-order valence-corrected chi connectivity index (χ2v) is 10.5. The van der Waals surface area contributed by atoms with Crippen molar-refractivity contribution in [2.24, 2.45) is 17.8 Å². The SMILES string of the molecule is C=C1CN(C(=C)c2ccc3c(c2)nc(-c2cc4cccnc4n2CC2CC2)n3N)CC(C)C1CC. The molecular weight excluding hydrogens is 432 g/mol. The first-order chi connectivity index (χ1) is 16.9. The first kappa shape index (κ1) is 22.0. The molecule has 1 aliphatic carbocycles. The van der Waals surface area contributed by atoms with Crippen molar-refractivity contribution in [1.82, 2.24) is 24.1 Å². The van der Waals surface area contributed by atoms with Gasteiger partial charge in [0.15, 0.2) is 5.82 Å². The summed E-state index contributed by atoms with van der Waals surface area (Å²) < 4.78 is 4.01. The molecule has 2 atom stereocenters. The fraction of sp³-hybridized carbons (Fsp3) is 0.379. The van der Waals surface area contributed by atoms with Crippen LogP contribution in [0.4, 0.5) is 0 Å². The lowest BCUT2D eigenvalue weighted by Crippen LogP contribution is -2.39. The van der Waals surface area contributed by atoms with Gasteiger partial charge in [-0.05, 0) is 72.9 Å². The second-order valence-electron chi connectivity index (χ2n) is 10.5. The highest BCUT2D eigenvalue weighted by atomic mass is 15.3. The zero-order valence-electron chi connectivity index (χ0n) is 20.7. The Kier molecular flexibility index (Phi) is 5.20. The van der Waals surface area contributed by atoms with Crippen molar-refractivity contribution in [3.63, 3.8) is 0 Å². The summed E-state index contributed by atoms with van der Waals surface area (Å²) in [7, 11) is 0. The van der Waals surface area contributed by atoms with E-state index in [4.69, 9.17) is 10.8 Å². The van der Waals surface area contributed by atoms with Gasteiger partial charge in [0.05, 0.1) is 16.7 Å². The number of hydrogen-bond acceptors (Lipinski definition) is 4. The van der Waals surface area contributed by atoms with Gasteiger partial charge in [-0.3, -0.25) is 0 Å². The van der Waals surface area contributed by atoms with Crippen molar-refractivity contribution < 1.29 is 0 Å². The molecule has 2 fully saturated rings. The molecule has 6 heteroatoms. The van der Waals surface area contributed by atoms with Gasteiger partial charge in [0.1, 0.15) is 5.65 Å². The number of pyridine rings is 1. The van der Waals surface area contributed by atoms with E-state index in [0.717, 1.165) is 70.9 Å². The molecule has 1 saturated carbocycles. The molecule has 2 aliphatic rings. The average Bonchev–Trinajstić information content (AvgIpc) is 3.52. The van der Waals surface area contributed by atoms with Gasteiger partial charge in [0.25, 0.3) is 0 Å². The molecule has 180 valence electrons. The molecule has 6 nitrogen and oxygen atoms in total. The summed E-state index contributed by atoms with van der Waals surface area (Å²) >= 11 is 0. The Bertz CT molecular complexity index is 1450. The Labute approximate surface area is 206 Å². The molecule has 0 radical (unpaired) electrons. The van der Waals surface area contributed by atoms with Crippen molar-refractivity contribution in [2.45, 2.75) is 39.7 Å². The number of likely N-dealkylation sites (tertiary alicyclic amines) is 1. The number of fused-ring (bicyclic) bond motifs is 2. The summed E-state index contributed by atoms with van der Waals surface area (Å²) in [4.78, 5) is 12.0. The van der Waals surface area contributed by atoms with Crippen LogP contribution in [0.25, 0.3) is 39.3 Å². The van der Waals surface area contributed by atoms with Crippen LogP contribution in [0.5, 0.6) is 0 Å². The maximum Gasteiger partial charge on any atom is 0.176 e. The number of hydrogen-bond donors (Lipinski definition) is 1. The van der Waals surface area contributed by atoms with Crippen LogP contribution in [0.3, 0.4) is 0 Å². The highest BCUT2D eigenvalue weighted by Gasteiger charge is 2.29. The lowest BCUT2D eigenvalue weighted by atomic mass is 9.81. The first-order valence-electron chi connectivity index (χ1n) is 12.8. The van der Waals surface area contributed by atoms with Gasteiger partial charge in [-0.25, -0.2) is 14.6 Å². The third-order valence-corrected chi connectivity index (χ3v) is 7.98. The maximum atomic E-state index is 6.62. The largest absolute Gasteiger partial charge is 0.367 e. The standard InChI is InChI=1S/C29H34N6/c1-5-24-18(2)15-33(16-19(24)3)20(4)22-10-11-26-25(13-22)32-29(35(26)30)27-14-23-7-6-12-31-28(23)34(27)17-21-8-9-21/h6-7,10-14,19,21,24H,2,4-5,8-9,15-17,30H2,1,3H3. The van der Waals surface area contributed by atoms with Gasteiger partial charge in [0, 0.05) is 36.9 Å². The van der Waals surface area contributed by atoms with Crippen molar-refractivity contribution in [1.29, 1.82) is 0 Å². The summed E-state index contributed by atoms with van der Waals surface area (Å²) in [5, 5.41) is 1.12. The van der Waals surface area contributed by atoms with E-state index in [-0.39, 0.29) is 0 Å². The normalized spacial score (nSPS) is 20.7. The second kappa shape index (κ2) is 8.29. The number of nitrogens with zero attached hydrogens (tertiary/aromatic N) is 5. The molecule has 0 bridgehead atoms. The van der Waals surface area contributed by atoms with Crippen LogP contribution in [-0.4, -0.2) is 37.2 Å². The van der Waals surface area contributed by atoms with E-state index >= 15 is 0 Å². The number of imidazole rings is 1. The number of benzene rings is 1. The molecule has 4 aromatic rings. The van der Waals surface area contributed by atoms with E-state index in [0.29, 0.717) is 17.8 Å². The van der Waals surface area contributed by atoms with Crippen molar-refractivity contribution in [3.05, 3.63) is 66.9 Å². The van der Waals surface area contributed by atoms with Crippen LogP contribution >= 0.6 is 0 Å². The minimum absolute atomic E-state index is 0.568. The minimum atomic E-state index is 0.568. The first-order valence-corrected chi connectivity index (χ1v) is 12.8. The molecule has 2 N–H and O–H groups in total. The van der Waals surface area contributed by atoms with Crippen LogP contribution in [-0.2, 0) is 6.54 Å². The van der Waals surface area contributed by atoms with Gasteiger partial charge in [-0.1, -0.05) is 38.6 Å². The number of rotatable bonds is 6. The quantitative estimate of drug-likeness (QED) is 0.293. The van der Waals surface area contributed by atoms with E-state index in [1.54, 1.807) is 4.68 Å². The molecule has 6 rings (SSSR count). The van der Waals surface area contributed by atoms with Gasteiger partial charge < -0.3 is 15.3 Å². The monoisotopic (exact) mass is 466 g/mol. The molecule has 3 aromatic heterocycles. The lowest BCUT2D eigenvalue weighted by molar-refractivity contribution is 0.238. The Morgan fingerprint density at radius 3 is 2.77 bits per heavy atom. The van der Waals surface area contributed by atoms with Gasteiger partial charge in [-0.15, -0.1) is 0 Å². The molecule has 2 unspecified atom stereocenters. The molecular formula is C29H34N6. The van der Waals surface area contributed by atoms with Crippen LogP contribution in [0.15, 0.2) is 61.3 Å². The maximum absolute atomic E-state index is 6.62. The van der Waals surface area contributed by atoms with Gasteiger partial charge in [0.2, 0.25) is 0 Å². The molecule has 0 amide bonds. The summed E-state index contributed by atoms with van der Waals surface area (Å²) in [6, 6.07) is 12.6. The molecule has 1 saturated heterocycles. The Hall–Kier alpha value is -3.54. The van der Waals surface area contributed by atoms with Crippen molar-refractivity contribution in [3.8, 4) is 11.5 Å². The van der Waals surface area contributed by atoms with E-state index in [1.165, 1.54) is 18.4 Å². The minimum Gasteiger partial charge on any atom is -0.367 e. The molecule has 1 aromatic carbocycles. The zero-order valence-corrected chi connectivity index (χ0v) is 20.7. The van der Waals surface area contributed by atoms with Crippen molar-refractivity contribution >= 4 is 27.8 Å². The summed E-state index contributed by atoms with van der Waals surface area (Å²) in [6.45, 7) is 16.2. The highest BCUT2D eigenvalue weighted by molar-refractivity contribution is 5.87. The third-order valence-electron chi connectivity index (χ3n) is 7.98. The third kappa shape index (κ3) is 3.72. The number of aromatic nitrogens is 4. The summed E-state index contributed by atoms with van der Waals surface area (Å²) in [6.07, 6.45) is 5.56. The fourth-order valence-corrected chi connectivity index (χ4v) is 5.86. The van der Waals surface area contributed by atoms with Crippen molar-refractivity contribution in [2.75, 3.05) is 18.9 Å². The Balaban J connectivity index is 1.37. The van der Waals surface area contributed by atoms with Crippen LogP contribution in [0.2, 0.25) is 0 Å². The predicted molar refractivity (Wildman–Crippen MR) is 144 cm³/mol. The molecule has 1 aliphatic heterocycles. The Morgan fingerprint density at radius 2 is 2.03 bits per heavy atom. The molecule has 4 heterocycles. The van der Waals surface area contributed by atoms with E-state index < -0.39 is 0 Å². The van der Waals surface area contributed by atoms with E-state index in [1.807, 2.05) is 12.3 Å². The predicted octanol–water partition coefficient (Wildman–Crippen LogP) is 5.68. The highest BCUT2D eigenvalue weighted by Crippen LogP contribution is 2.37. The van der Waals surface area contributed by atoms with Crippen LogP contribution in [0.1, 0.15) is 38.7 Å². The smallest absolute Gasteiger partial charge is 0.176 e. The zero-order chi connectivity index (χ0) is 24.3. The molecule has 0 spiro atoms. The van der Waals surface area contributed by atoms with Gasteiger partial charge >= 0.3 is 0 Å². The average molecular weight is 467 g/mol. The van der Waals surface area contributed by atoms with E-state index in [2.05, 4.69) is 71.8 Å². The van der Waals surface area contributed by atoms with Crippen LogP contribution in [0, 0.1) is 17.8 Å². The lowest BCUT2D eigenvalue weighted by Gasteiger charge is -2.40. The number of piperidine rings is 1. The molecule has 35 heavy (non-hydrogen) atoms. The van der Waals surface area contributed by atoms with Gasteiger partial charge in [-0.2, -0.15) is 0 Å². The number of nitrogen functional groups attached to an aromatic ring is 1. The summed E-state index contributed by atoms with van der Waals surface area (Å²) in [5.74, 6) is 9.26. The fourth-order valence-electron chi connectivity index (χ4n) is 5.86. The van der Waals surface area contributed by atoms with E-state index in [9.17, 15) is 0 Å². The Morgan fingerprint density at radius 1 is 1.20 bits per heavy atom. The van der Waals surface area contributed by atoms with Crippen LogP contribution < -0.4 is 5.84 Å².